The summed E-state index contributed by atoms with van der Waals surface area (Å²) in [7, 11) is 0. The van der Waals surface area contributed by atoms with Crippen molar-refractivity contribution in [2.75, 3.05) is 5.32 Å². The van der Waals surface area contributed by atoms with Crippen molar-refractivity contribution in [3.05, 3.63) is 62.9 Å². The quantitative estimate of drug-likeness (QED) is 0.316. The molecule has 1 aromatic carbocycles. The summed E-state index contributed by atoms with van der Waals surface area (Å²) in [5.41, 5.74) is -0.444. The number of amides is 1. The van der Waals surface area contributed by atoms with Gasteiger partial charge in [0, 0.05) is 11.9 Å². The van der Waals surface area contributed by atoms with Crippen LogP contribution in [0.4, 0.5) is 23.2 Å². The third-order valence-electron chi connectivity index (χ3n) is 3.84. The molecule has 160 valence electrons. The molecule has 1 N–H and O–H groups in total. The third-order valence-corrected chi connectivity index (χ3v) is 6.18. The van der Waals surface area contributed by atoms with E-state index >= 15 is 0 Å². The predicted molar refractivity (Wildman–Crippen MR) is 107 cm³/mol. The Kier molecular flexibility index (Phi) is 5.81. The highest BCUT2D eigenvalue weighted by Gasteiger charge is 2.32. The van der Waals surface area contributed by atoms with Gasteiger partial charge in [0.15, 0.2) is 10.8 Å². The monoisotopic (exact) mass is 488 g/mol. The van der Waals surface area contributed by atoms with Gasteiger partial charge in [-0.1, -0.05) is 34.7 Å². The van der Waals surface area contributed by atoms with Gasteiger partial charge in [-0.15, -0.1) is 20.4 Å². The number of benzene rings is 1. The molecule has 14 heteroatoms. The van der Waals surface area contributed by atoms with Crippen molar-refractivity contribution in [2.45, 2.75) is 17.1 Å². The number of hydrogen-bond acceptors (Lipinski definition) is 7. The van der Waals surface area contributed by atoms with Crippen LogP contribution in [0.2, 0.25) is 5.02 Å². The Morgan fingerprint density at radius 3 is 2.61 bits per heavy atom. The van der Waals surface area contributed by atoms with Gasteiger partial charge in [0.05, 0.1) is 16.3 Å². The third kappa shape index (κ3) is 4.78. The lowest BCUT2D eigenvalue weighted by Gasteiger charge is -2.08. The first-order chi connectivity index (χ1) is 14.7. The van der Waals surface area contributed by atoms with Crippen molar-refractivity contribution >= 4 is 51.9 Å². The van der Waals surface area contributed by atoms with Gasteiger partial charge in [-0.25, -0.2) is 4.39 Å². The molecule has 7 nitrogen and oxygen atoms in total. The highest BCUT2D eigenvalue weighted by molar-refractivity contribution is 7.98. The molecule has 0 aliphatic rings. The summed E-state index contributed by atoms with van der Waals surface area (Å²) in [6.07, 6.45) is -3.71. The van der Waals surface area contributed by atoms with E-state index in [4.69, 9.17) is 11.6 Å². The van der Waals surface area contributed by atoms with E-state index in [0.717, 1.165) is 39.8 Å². The Labute approximate surface area is 184 Å². The summed E-state index contributed by atoms with van der Waals surface area (Å²) in [6.45, 7) is 0. The standard InChI is InChI=1S/C17H9ClF4N6OS2/c18-11-5-8(17(20,21)22)6-28-13(11)25-27-16(28)30-7-12-24-26-15(31-12)14(29)23-10-3-1-9(19)2-4-10/h1-6H,7H2,(H,23,29). The van der Waals surface area contributed by atoms with E-state index in [0.29, 0.717) is 10.7 Å². The molecule has 0 unspecified atom stereocenters. The minimum absolute atomic E-state index is 0.0772. The van der Waals surface area contributed by atoms with Crippen LogP contribution in [0.5, 0.6) is 0 Å². The molecule has 0 spiro atoms. The smallest absolute Gasteiger partial charge is 0.320 e. The Hall–Kier alpha value is -2.77. The van der Waals surface area contributed by atoms with Crippen molar-refractivity contribution in [1.82, 2.24) is 24.8 Å². The average molecular weight is 489 g/mol. The minimum atomic E-state index is -4.57. The van der Waals surface area contributed by atoms with Crippen molar-refractivity contribution in [3.63, 3.8) is 0 Å². The van der Waals surface area contributed by atoms with Crippen LogP contribution in [0.1, 0.15) is 20.4 Å². The van der Waals surface area contributed by atoms with E-state index in [2.05, 4.69) is 25.7 Å². The minimum Gasteiger partial charge on any atom is -0.320 e. The largest absolute Gasteiger partial charge is 0.417 e. The highest BCUT2D eigenvalue weighted by Crippen LogP contribution is 2.33. The van der Waals surface area contributed by atoms with E-state index in [9.17, 15) is 22.4 Å². The van der Waals surface area contributed by atoms with Crippen LogP contribution in [0.3, 0.4) is 0 Å². The fourth-order valence-corrected chi connectivity index (χ4v) is 4.31. The molecule has 0 aliphatic heterocycles. The van der Waals surface area contributed by atoms with Crippen LogP contribution >= 0.6 is 34.7 Å². The van der Waals surface area contributed by atoms with E-state index in [1.165, 1.54) is 24.3 Å². The first-order valence-electron chi connectivity index (χ1n) is 8.34. The molecule has 0 atom stereocenters. The van der Waals surface area contributed by atoms with Gasteiger partial charge < -0.3 is 5.32 Å². The number of aromatic nitrogens is 5. The number of pyridine rings is 1. The molecule has 0 fully saturated rings. The summed E-state index contributed by atoms with van der Waals surface area (Å²) in [4.78, 5) is 12.2. The lowest BCUT2D eigenvalue weighted by atomic mass is 10.3. The number of rotatable bonds is 5. The van der Waals surface area contributed by atoms with Gasteiger partial charge in [-0.05, 0) is 30.3 Å². The van der Waals surface area contributed by atoms with Gasteiger partial charge in [-0.2, -0.15) is 13.2 Å². The number of thioether (sulfide) groups is 1. The molecule has 0 saturated heterocycles. The lowest BCUT2D eigenvalue weighted by Crippen LogP contribution is -2.11. The van der Waals surface area contributed by atoms with Gasteiger partial charge in [0.1, 0.15) is 10.8 Å². The summed E-state index contributed by atoms with van der Waals surface area (Å²) < 4.78 is 53.2. The maximum absolute atomic E-state index is 13.0. The van der Waals surface area contributed by atoms with E-state index < -0.39 is 23.5 Å². The topological polar surface area (TPSA) is 85.1 Å². The molecular formula is C17H9ClF4N6OS2. The Bertz CT molecular complexity index is 1260. The van der Waals surface area contributed by atoms with Crippen molar-refractivity contribution in [1.29, 1.82) is 0 Å². The van der Waals surface area contributed by atoms with E-state index in [1.54, 1.807) is 0 Å². The molecule has 0 aliphatic carbocycles. The van der Waals surface area contributed by atoms with Crippen molar-refractivity contribution < 1.29 is 22.4 Å². The second-order valence-electron chi connectivity index (χ2n) is 6.00. The number of nitrogens with one attached hydrogen (secondary N) is 1. The molecule has 3 aromatic heterocycles. The SMILES string of the molecule is O=C(Nc1ccc(F)cc1)c1nnc(CSc2nnc3c(Cl)cc(C(F)(F)F)cn23)s1. The fraction of sp³-hybridized carbons (Fsp3) is 0.118. The maximum Gasteiger partial charge on any atom is 0.417 e. The number of carbonyl (C=O) groups excluding carboxylic acids is 1. The van der Waals surface area contributed by atoms with Gasteiger partial charge in [0.25, 0.3) is 5.91 Å². The molecular weight excluding hydrogens is 480 g/mol. The molecule has 31 heavy (non-hydrogen) atoms. The molecule has 1 amide bonds. The normalized spacial score (nSPS) is 11.8. The number of hydrogen-bond donors (Lipinski definition) is 1. The van der Waals surface area contributed by atoms with E-state index in [1.807, 2.05) is 0 Å². The van der Waals surface area contributed by atoms with Crippen LogP contribution in [0.15, 0.2) is 41.7 Å². The van der Waals surface area contributed by atoms with Crippen LogP contribution < -0.4 is 5.32 Å². The van der Waals surface area contributed by atoms with Crippen LogP contribution in [-0.2, 0) is 11.9 Å². The number of fused-ring (bicyclic) bond motifs is 1. The second kappa shape index (κ2) is 8.40. The summed E-state index contributed by atoms with van der Waals surface area (Å²) in [6, 6.07) is 6.01. The molecule has 0 saturated carbocycles. The fourth-order valence-electron chi connectivity index (χ4n) is 2.43. The Morgan fingerprint density at radius 1 is 1.16 bits per heavy atom. The average Bonchev–Trinajstić information content (AvgIpc) is 3.35. The number of carbonyl (C=O) groups is 1. The first kappa shape index (κ1) is 21.5. The zero-order valence-corrected chi connectivity index (χ0v) is 17.4. The molecule has 3 heterocycles. The lowest BCUT2D eigenvalue weighted by molar-refractivity contribution is -0.137. The maximum atomic E-state index is 13.0. The van der Waals surface area contributed by atoms with Crippen LogP contribution in [0.25, 0.3) is 5.65 Å². The van der Waals surface area contributed by atoms with Gasteiger partial charge in [-0.3, -0.25) is 9.20 Å². The summed E-state index contributed by atoms with van der Waals surface area (Å²) >= 11 is 7.97. The number of alkyl halides is 3. The zero-order valence-electron chi connectivity index (χ0n) is 15.0. The van der Waals surface area contributed by atoms with Gasteiger partial charge >= 0.3 is 6.18 Å². The molecule has 4 rings (SSSR count). The number of halogens is 5. The van der Waals surface area contributed by atoms with Crippen molar-refractivity contribution in [2.24, 2.45) is 0 Å². The zero-order chi connectivity index (χ0) is 22.2. The summed E-state index contributed by atoms with van der Waals surface area (Å²) in [5.74, 6) is -0.761. The molecule has 0 radical (unpaired) electrons. The Balaban J connectivity index is 1.47. The number of nitrogens with zero attached hydrogens (tertiary/aromatic N) is 5. The highest BCUT2D eigenvalue weighted by atomic mass is 35.5. The first-order valence-corrected chi connectivity index (χ1v) is 10.5. The predicted octanol–water partition coefficient (Wildman–Crippen LogP) is 4.94. The number of anilines is 1. The van der Waals surface area contributed by atoms with E-state index in [-0.39, 0.29) is 26.6 Å². The second-order valence-corrected chi connectivity index (χ2v) is 8.41. The molecule has 4 aromatic rings. The van der Waals surface area contributed by atoms with Crippen LogP contribution in [0, 0.1) is 5.82 Å². The summed E-state index contributed by atoms with van der Waals surface area (Å²) in [5, 5.41) is 18.5. The van der Waals surface area contributed by atoms with Crippen LogP contribution in [-0.4, -0.2) is 30.7 Å². The van der Waals surface area contributed by atoms with Gasteiger partial charge in [0.2, 0.25) is 5.01 Å². The van der Waals surface area contributed by atoms with Crippen molar-refractivity contribution in [3.8, 4) is 0 Å². The Morgan fingerprint density at radius 2 is 1.90 bits per heavy atom. The molecule has 0 bridgehead atoms.